The van der Waals surface area contributed by atoms with Gasteiger partial charge in [0.05, 0.1) is 7.11 Å². The number of hydrogen-bond acceptors (Lipinski definition) is 4. The lowest BCUT2D eigenvalue weighted by atomic mass is 9.77. The Labute approximate surface area is 157 Å². The minimum Gasteiger partial charge on any atom is -0.494 e. The van der Waals surface area contributed by atoms with Crippen LogP contribution in [0.5, 0.6) is 11.5 Å². The van der Waals surface area contributed by atoms with Crippen LogP contribution in [-0.2, 0) is 14.9 Å². The highest BCUT2D eigenvalue weighted by atomic mass is 19.1. The molecular formula is C21H22FNO4. The molecule has 2 aromatic carbocycles. The molecule has 1 fully saturated rings. The van der Waals surface area contributed by atoms with Gasteiger partial charge in [0.25, 0.3) is 0 Å². The molecule has 0 bridgehead atoms. The van der Waals surface area contributed by atoms with Crippen LogP contribution in [0.4, 0.5) is 10.1 Å². The number of likely N-dealkylation sites (N-methyl/N-ethyl adjacent to an activating group) is 1. The van der Waals surface area contributed by atoms with Gasteiger partial charge in [0.15, 0.2) is 11.6 Å². The van der Waals surface area contributed by atoms with Gasteiger partial charge in [0.2, 0.25) is 5.91 Å². The number of benzene rings is 2. The predicted molar refractivity (Wildman–Crippen MR) is 99.1 cm³/mol. The van der Waals surface area contributed by atoms with Crippen molar-refractivity contribution in [2.75, 3.05) is 38.9 Å². The standard InChI is InChI=1S/C17H14FNO3.C4H8O/c1-19-13-6-4-3-5-10(13)17(16(19)20)9-22-14-8-15(21-2)12(18)7-11(14)17;1-2-4-5-3-1/h3-8H,9H2,1-2H3;1-4H2. The van der Waals surface area contributed by atoms with Gasteiger partial charge in [-0.1, -0.05) is 18.2 Å². The molecule has 1 spiro atoms. The lowest BCUT2D eigenvalue weighted by molar-refractivity contribution is -0.121. The summed E-state index contributed by atoms with van der Waals surface area (Å²) >= 11 is 0. The molecule has 0 saturated carbocycles. The Morgan fingerprint density at radius 2 is 1.89 bits per heavy atom. The number of ether oxygens (including phenoxy) is 3. The average molecular weight is 371 g/mol. The summed E-state index contributed by atoms with van der Waals surface area (Å²) in [7, 11) is 3.13. The number of fused-ring (bicyclic) bond motifs is 4. The Morgan fingerprint density at radius 1 is 1.15 bits per heavy atom. The largest absolute Gasteiger partial charge is 0.494 e. The van der Waals surface area contributed by atoms with Crippen molar-refractivity contribution in [3.63, 3.8) is 0 Å². The van der Waals surface area contributed by atoms with Gasteiger partial charge in [0.1, 0.15) is 17.8 Å². The molecule has 5 rings (SSSR count). The Balaban J connectivity index is 0.000000314. The number of anilines is 1. The minimum absolute atomic E-state index is 0.1000. The summed E-state index contributed by atoms with van der Waals surface area (Å²) in [4.78, 5) is 14.5. The first-order valence-corrected chi connectivity index (χ1v) is 9.06. The Kier molecular flexibility index (Phi) is 4.52. The average Bonchev–Trinajstić information content (AvgIpc) is 3.42. The summed E-state index contributed by atoms with van der Waals surface area (Å²) in [6.07, 6.45) is 2.56. The number of para-hydroxylation sites is 1. The first-order chi connectivity index (χ1) is 13.1. The van der Waals surface area contributed by atoms with E-state index in [1.807, 2.05) is 24.3 Å². The monoisotopic (exact) mass is 371 g/mol. The third-order valence-electron chi connectivity index (χ3n) is 5.38. The lowest BCUT2D eigenvalue weighted by Gasteiger charge is -2.21. The van der Waals surface area contributed by atoms with Gasteiger partial charge in [-0.2, -0.15) is 0 Å². The van der Waals surface area contributed by atoms with Crippen molar-refractivity contribution in [3.05, 3.63) is 53.3 Å². The molecule has 0 N–H and O–H groups in total. The molecule has 3 heterocycles. The normalized spacial score (nSPS) is 22.2. The van der Waals surface area contributed by atoms with Gasteiger partial charge in [-0.05, 0) is 30.5 Å². The highest BCUT2D eigenvalue weighted by molar-refractivity contribution is 6.11. The molecule has 1 unspecified atom stereocenters. The molecule has 0 aliphatic carbocycles. The number of hydrogen-bond donors (Lipinski definition) is 0. The van der Waals surface area contributed by atoms with E-state index in [9.17, 15) is 9.18 Å². The van der Waals surface area contributed by atoms with Crippen molar-refractivity contribution in [1.29, 1.82) is 0 Å². The van der Waals surface area contributed by atoms with Crippen molar-refractivity contribution in [2.24, 2.45) is 0 Å². The van der Waals surface area contributed by atoms with Gasteiger partial charge < -0.3 is 19.1 Å². The highest BCUT2D eigenvalue weighted by Crippen LogP contribution is 2.52. The molecule has 1 saturated heterocycles. The van der Waals surface area contributed by atoms with Crippen molar-refractivity contribution in [2.45, 2.75) is 18.3 Å². The molecule has 1 amide bonds. The van der Waals surface area contributed by atoms with E-state index in [-0.39, 0.29) is 18.3 Å². The van der Waals surface area contributed by atoms with Gasteiger partial charge in [-0.15, -0.1) is 0 Å². The van der Waals surface area contributed by atoms with E-state index in [1.165, 1.54) is 32.1 Å². The van der Waals surface area contributed by atoms with Crippen LogP contribution in [0.25, 0.3) is 0 Å². The van der Waals surface area contributed by atoms with Crippen LogP contribution < -0.4 is 14.4 Å². The Morgan fingerprint density at radius 3 is 2.56 bits per heavy atom. The van der Waals surface area contributed by atoms with Gasteiger partial charge in [-0.3, -0.25) is 4.79 Å². The third-order valence-corrected chi connectivity index (χ3v) is 5.38. The van der Waals surface area contributed by atoms with Crippen LogP contribution in [0, 0.1) is 5.82 Å². The molecule has 142 valence electrons. The van der Waals surface area contributed by atoms with Crippen LogP contribution in [0.2, 0.25) is 0 Å². The Hall–Kier alpha value is -2.60. The summed E-state index contributed by atoms with van der Waals surface area (Å²) in [5.41, 5.74) is 1.28. The van der Waals surface area contributed by atoms with E-state index in [2.05, 4.69) is 0 Å². The fraction of sp³-hybridized carbons (Fsp3) is 0.381. The summed E-state index contributed by atoms with van der Waals surface area (Å²) < 4.78 is 29.8. The molecule has 2 aromatic rings. The number of rotatable bonds is 1. The summed E-state index contributed by atoms with van der Waals surface area (Å²) in [6.45, 7) is 2.18. The van der Waals surface area contributed by atoms with Crippen LogP contribution in [0.15, 0.2) is 36.4 Å². The first kappa shape index (κ1) is 17.8. The maximum Gasteiger partial charge on any atom is 0.245 e. The van der Waals surface area contributed by atoms with E-state index in [1.54, 1.807) is 11.9 Å². The predicted octanol–water partition coefficient (Wildman–Crippen LogP) is 3.29. The molecule has 3 aliphatic rings. The SMILES string of the molecule is C1CCOC1.COc1cc2c(cc1F)C1(CO2)C(=O)N(C)c2ccccc21. The number of halogens is 1. The molecule has 27 heavy (non-hydrogen) atoms. The second-order valence-corrected chi connectivity index (χ2v) is 6.88. The fourth-order valence-electron chi connectivity index (χ4n) is 3.96. The molecule has 5 nitrogen and oxygen atoms in total. The third kappa shape index (κ3) is 2.67. The second kappa shape index (κ2) is 6.85. The number of carbonyl (C=O) groups excluding carboxylic acids is 1. The molecular weight excluding hydrogens is 349 g/mol. The smallest absolute Gasteiger partial charge is 0.245 e. The maximum atomic E-state index is 14.2. The molecule has 0 radical (unpaired) electrons. The summed E-state index contributed by atoms with van der Waals surface area (Å²) in [5.74, 6) is 0.0163. The van der Waals surface area contributed by atoms with Crippen LogP contribution in [-0.4, -0.2) is 39.9 Å². The summed E-state index contributed by atoms with van der Waals surface area (Å²) in [5, 5.41) is 0. The van der Waals surface area contributed by atoms with Crippen LogP contribution in [0.1, 0.15) is 24.0 Å². The lowest BCUT2D eigenvalue weighted by Crippen LogP contribution is -2.41. The second-order valence-electron chi connectivity index (χ2n) is 6.88. The number of methoxy groups -OCH3 is 1. The van der Waals surface area contributed by atoms with Crippen molar-refractivity contribution >= 4 is 11.6 Å². The van der Waals surface area contributed by atoms with Crippen molar-refractivity contribution in [1.82, 2.24) is 0 Å². The van der Waals surface area contributed by atoms with Crippen LogP contribution >= 0.6 is 0 Å². The van der Waals surface area contributed by atoms with Gasteiger partial charge in [-0.25, -0.2) is 4.39 Å². The maximum absolute atomic E-state index is 14.2. The van der Waals surface area contributed by atoms with E-state index < -0.39 is 11.2 Å². The van der Waals surface area contributed by atoms with Gasteiger partial charge >= 0.3 is 0 Å². The number of nitrogens with zero attached hydrogens (tertiary/aromatic N) is 1. The quantitative estimate of drug-likeness (QED) is 0.772. The molecule has 0 aromatic heterocycles. The van der Waals surface area contributed by atoms with E-state index in [0.29, 0.717) is 11.3 Å². The van der Waals surface area contributed by atoms with Crippen LogP contribution in [0.3, 0.4) is 0 Å². The number of carbonyl (C=O) groups is 1. The first-order valence-electron chi connectivity index (χ1n) is 9.06. The number of amides is 1. The zero-order chi connectivity index (χ0) is 19.0. The highest BCUT2D eigenvalue weighted by Gasteiger charge is 2.56. The zero-order valence-electron chi connectivity index (χ0n) is 15.5. The zero-order valence-corrected chi connectivity index (χ0v) is 15.5. The van der Waals surface area contributed by atoms with Gasteiger partial charge in [0, 0.05) is 37.6 Å². The minimum atomic E-state index is -0.964. The molecule has 1 atom stereocenters. The molecule has 6 heteroatoms. The van der Waals surface area contributed by atoms with E-state index in [4.69, 9.17) is 14.2 Å². The fourth-order valence-corrected chi connectivity index (χ4v) is 3.96. The summed E-state index contributed by atoms with van der Waals surface area (Å²) in [6, 6.07) is 10.4. The van der Waals surface area contributed by atoms with Crippen molar-refractivity contribution in [3.8, 4) is 11.5 Å². The topological polar surface area (TPSA) is 48.0 Å². The van der Waals surface area contributed by atoms with Crippen molar-refractivity contribution < 1.29 is 23.4 Å². The molecule has 3 aliphatic heterocycles. The van der Waals surface area contributed by atoms with E-state index >= 15 is 0 Å². The van der Waals surface area contributed by atoms with E-state index in [0.717, 1.165) is 24.5 Å². The Bertz CT molecular complexity index is 873.